The van der Waals surface area contributed by atoms with Gasteiger partial charge in [0.05, 0.1) is 6.35 Å². The van der Waals surface area contributed by atoms with Gasteiger partial charge in [-0.2, -0.15) is 0 Å². The van der Waals surface area contributed by atoms with Gasteiger partial charge in [0.2, 0.25) is 5.65 Å². The summed E-state index contributed by atoms with van der Waals surface area (Å²) < 4.78 is 4.67. The maximum Gasteiger partial charge on any atom is 0.239 e. The zero-order chi connectivity index (χ0) is 6.41. The average Bonchev–Trinajstić information content (AvgIpc) is 1.83. The summed E-state index contributed by atoms with van der Waals surface area (Å²) in [4.78, 5) is 10.4. The predicted octanol–water partition coefficient (Wildman–Crippen LogP) is 0.608. The molecule has 1 N–H and O–H groups in total. The number of nitrogens with one attached hydrogen (secondary N) is 1. The molecule has 0 aliphatic carbocycles. The van der Waals surface area contributed by atoms with E-state index >= 15 is 0 Å². The molecular formula is C4H10NO2P. The molecule has 0 rings (SSSR count). The lowest BCUT2D eigenvalue weighted by Crippen LogP contribution is -2.10. The summed E-state index contributed by atoms with van der Waals surface area (Å²) in [7, 11) is 3.43. The van der Waals surface area contributed by atoms with Crippen LogP contribution in [0.3, 0.4) is 0 Å². The first kappa shape index (κ1) is 7.86. The summed E-state index contributed by atoms with van der Waals surface area (Å²) in [6.07, 6.45) is 0.527. The van der Waals surface area contributed by atoms with Crippen molar-refractivity contribution < 1.29 is 9.53 Å². The number of carbonyl (C=O) groups is 1. The van der Waals surface area contributed by atoms with Gasteiger partial charge in [0.15, 0.2) is 0 Å². The van der Waals surface area contributed by atoms with E-state index in [0.29, 0.717) is 6.35 Å². The monoisotopic (exact) mass is 135 g/mol. The normalized spacial score (nSPS) is 10.2. The zero-order valence-electron chi connectivity index (χ0n) is 5.02. The van der Waals surface area contributed by atoms with E-state index in [1.165, 1.54) is 0 Å². The number of rotatable bonds is 3. The van der Waals surface area contributed by atoms with E-state index in [1.807, 2.05) is 0 Å². The molecule has 0 spiro atoms. The second-order valence-electron chi connectivity index (χ2n) is 1.19. The number of carbonyl (C=O) groups excluding carboxylic acids is 1. The van der Waals surface area contributed by atoms with Crippen LogP contribution in [-0.2, 0) is 4.74 Å². The van der Waals surface area contributed by atoms with E-state index < -0.39 is 0 Å². The Morgan fingerprint density at radius 2 is 2.50 bits per heavy atom. The van der Waals surface area contributed by atoms with Crippen molar-refractivity contribution in [3.63, 3.8) is 0 Å². The first-order valence-electron chi connectivity index (χ1n) is 2.25. The molecule has 1 atom stereocenters. The first-order chi connectivity index (χ1) is 3.81. The molecule has 0 bridgehead atoms. The maximum atomic E-state index is 10.4. The fourth-order valence-corrected chi connectivity index (χ4v) is 0.678. The van der Waals surface area contributed by atoms with E-state index in [2.05, 4.69) is 10.1 Å². The minimum Gasteiger partial charge on any atom is -0.380 e. The van der Waals surface area contributed by atoms with E-state index in [-0.39, 0.29) is 14.2 Å². The Balaban J connectivity index is 2.99. The lowest BCUT2D eigenvalue weighted by molar-refractivity contribution is 0.250. The highest BCUT2D eigenvalue weighted by molar-refractivity contribution is 7.57. The van der Waals surface area contributed by atoms with Gasteiger partial charge in [0.25, 0.3) is 0 Å². The third-order valence-electron chi connectivity index (χ3n) is 0.604. The number of hydrogen-bond acceptors (Lipinski definition) is 2. The molecule has 0 aromatic heterocycles. The van der Waals surface area contributed by atoms with Crippen molar-refractivity contribution in [3.05, 3.63) is 0 Å². The Labute approximate surface area is 50.6 Å². The second-order valence-corrected chi connectivity index (χ2v) is 2.29. The van der Waals surface area contributed by atoms with Crippen LogP contribution in [0.4, 0.5) is 4.79 Å². The summed E-state index contributed by atoms with van der Waals surface area (Å²) in [5.74, 6) is 0. The summed E-state index contributed by atoms with van der Waals surface area (Å²) in [5.41, 5.74) is 0.0480. The van der Waals surface area contributed by atoms with Gasteiger partial charge < -0.3 is 10.1 Å². The van der Waals surface area contributed by atoms with Crippen LogP contribution in [-0.4, -0.2) is 26.2 Å². The second kappa shape index (κ2) is 5.01. The Morgan fingerprint density at radius 3 is 2.88 bits per heavy atom. The van der Waals surface area contributed by atoms with Crippen LogP contribution in [0.15, 0.2) is 0 Å². The summed E-state index contributed by atoms with van der Waals surface area (Å²) in [5, 5.41) is 2.49. The molecule has 1 unspecified atom stereocenters. The van der Waals surface area contributed by atoms with Gasteiger partial charge >= 0.3 is 0 Å². The van der Waals surface area contributed by atoms with Crippen LogP contribution in [0.25, 0.3) is 0 Å². The van der Waals surface area contributed by atoms with Crippen LogP contribution in [0, 0.1) is 0 Å². The summed E-state index contributed by atoms with van der Waals surface area (Å²) in [6, 6.07) is 0. The van der Waals surface area contributed by atoms with Crippen LogP contribution >= 0.6 is 8.58 Å². The van der Waals surface area contributed by atoms with E-state index in [4.69, 9.17) is 0 Å². The Hall–Kier alpha value is -0.140. The fraction of sp³-hybridized carbons (Fsp3) is 0.750. The zero-order valence-corrected chi connectivity index (χ0v) is 6.02. The topological polar surface area (TPSA) is 38.3 Å². The van der Waals surface area contributed by atoms with Gasteiger partial charge in [-0.25, -0.2) is 0 Å². The Bertz CT molecular complexity index is 76.4. The molecular weight excluding hydrogens is 125 g/mol. The van der Waals surface area contributed by atoms with Crippen molar-refractivity contribution in [2.45, 2.75) is 0 Å². The molecule has 8 heavy (non-hydrogen) atoms. The van der Waals surface area contributed by atoms with Gasteiger partial charge in [-0.05, 0) is 0 Å². The van der Waals surface area contributed by atoms with Crippen molar-refractivity contribution >= 4 is 14.2 Å². The molecule has 1 amide bonds. The van der Waals surface area contributed by atoms with Crippen molar-refractivity contribution in [3.8, 4) is 0 Å². The van der Waals surface area contributed by atoms with Crippen LogP contribution in [0.1, 0.15) is 0 Å². The quantitative estimate of drug-likeness (QED) is 0.575. The Kier molecular flexibility index (Phi) is 4.92. The van der Waals surface area contributed by atoms with Crippen LogP contribution < -0.4 is 5.32 Å². The number of ether oxygens (including phenoxy) is 1. The highest BCUT2D eigenvalue weighted by atomic mass is 31.1. The Morgan fingerprint density at radius 1 is 1.88 bits per heavy atom. The molecule has 0 aliphatic heterocycles. The molecule has 0 saturated carbocycles. The smallest absolute Gasteiger partial charge is 0.239 e. The van der Waals surface area contributed by atoms with Gasteiger partial charge in [-0.15, -0.1) is 0 Å². The molecule has 48 valence electrons. The number of hydrogen-bond donors (Lipinski definition) is 1. The summed E-state index contributed by atoms with van der Waals surface area (Å²) >= 11 is 0. The first-order valence-corrected chi connectivity index (χ1v) is 3.46. The molecule has 0 aromatic rings. The third kappa shape index (κ3) is 4.03. The number of amides is 1. The van der Waals surface area contributed by atoms with Crippen molar-refractivity contribution in [2.75, 3.05) is 20.5 Å². The van der Waals surface area contributed by atoms with Crippen molar-refractivity contribution in [2.24, 2.45) is 0 Å². The van der Waals surface area contributed by atoms with E-state index in [9.17, 15) is 4.79 Å². The number of methoxy groups -OCH3 is 1. The molecule has 4 heteroatoms. The van der Waals surface area contributed by atoms with E-state index in [0.717, 1.165) is 0 Å². The standard InChI is InChI=1S/C4H10NO2P/c1-5-4(6)8-3-7-2/h8H,3H2,1-2H3,(H,5,6). The average molecular weight is 135 g/mol. The van der Waals surface area contributed by atoms with Gasteiger partial charge in [-0.3, -0.25) is 4.79 Å². The maximum absolute atomic E-state index is 10.4. The molecule has 0 heterocycles. The van der Waals surface area contributed by atoms with Crippen LogP contribution in [0.2, 0.25) is 0 Å². The minimum atomic E-state index is 0.0480. The highest BCUT2D eigenvalue weighted by Crippen LogP contribution is 2.08. The molecule has 0 radical (unpaired) electrons. The lowest BCUT2D eigenvalue weighted by atomic mass is 11.2. The minimum absolute atomic E-state index is 0.0480. The lowest BCUT2D eigenvalue weighted by Gasteiger charge is -1.95. The molecule has 0 fully saturated rings. The van der Waals surface area contributed by atoms with E-state index in [1.54, 1.807) is 14.2 Å². The third-order valence-corrected chi connectivity index (χ3v) is 1.61. The highest BCUT2D eigenvalue weighted by Gasteiger charge is 1.92. The van der Waals surface area contributed by atoms with Gasteiger partial charge in [-0.1, -0.05) is 0 Å². The van der Waals surface area contributed by atoms with Crippen LogP contribution in [0.5, 0.6) is 0 Å². The molecule has 0 aliphatic rings. The van der Waals surface area contributed by atoms with Gasteiger partial charge in [0.1, 0.15) is 0 Å². The molecule has 0 aromatic carbocycles. The predicted molar refractivity (Wildman–Crippen MR) is 34.6 cm³/mol. The van der Waals surface area contributed by atoms with Crippen molar-refractivity contribution in [1.82, 2.24) is 5.32 Å². The fourth-order valence-electron chi connectivity index (χ4n) is 0.226. The largest absolute Gasteiger partial charge is 0.380 e. The molecule has 3 nitrogen and oxygen atoms in total. The van der Waals surface area contributed by atoms with Gasteiger partial charge in [0, 0.05) is 22.7 Å². The SMILES string of the molecule is CNC(=O)PCOC. The van der Waals surface area contributed by atoms with Crippen molar-refractivity contribution in [1.29, 1.82) is 0 Å². The summed E-state index contributed by atoms with van der Waals surface area (Å²) in [6.45, 7) is 0. The molecule has 0 saturated heterocycles.